The van der Waals surface area contributed by atoms with Gasteiger partial charge in [0.15, 0.2) is 12.8 Å². The molecule has 12 nitrogen and oxygen atoms in total. The second-order valence-corrected chi connectivity index (χ2v) is 7.02. The molecule has 168 valence electrons. The zero-order chi connectivity index (χ0) is 24.1. The molecule has 1 unspecified atom stereocenters. The number of hydrogen-bond acceptors (Lipinski definition) is 11. The number of rotatable bonds is 5. The van der Waals surface area contributed by atoms with Gasteiger partial charge in [-0.3, -0.25) is 10.1 Å². The molecule has 0 saturated heterocycles. The van der Waals surface area contributed by atoms with Gasteiger partial charge in [-0.1, -0.05) is 18.2 Å². The van der Waals surface area contributed by atoms with Gasteiger partial charge >= 0.3 is 0 Å². The molecule has 4 rings (SSSR count). The molecule has 3 aromatic rings. The molecule has 12 heteroatoms. The van der Waals surface area contributed by atoms with E-state index in [0.717, 1.165) is 0 Å². The third kappa shape index (κ3) is 4.46. The van der Waals surface area contributed by atoms with Gasteiger partial charge in [-0.05, 0) is 29.8 Å². The van der Waals surface area contributed by atoms with Crippen molar-refractivity contribution < 1.29 is 9.53 Å². The van der Waals surface area contributed by atoms with Crippen LogP contribution in [0.3, 0.4) is 0 Å². The average molecular weight is 454 g/mol. The van der Waals surface area contributed by atoms with Gasteiger partial charge in [0.1, 0.15) is 40.9 Å². The molecular formula is C22H18N10O2. The predicted octanol–water partition coefficient (Wildman–Crippen LogP) is 1.47. The zero-order valence-electron chi connectivity index (χ0n) is 17.6. The summed E-state index contributed by atoms with van der Waals surface area (Å²) in [5, 5.41) is 26.3. The number of nitrogens with one attached hydrogen (secondary N) is 3. The fourth-order valence-electron chi connectivity index (χ4n) is 3.33. The van der Waals surface area contributed by atoms with Crippen molar-refractivity contribution in [1.82, 2.24) is 15.3 Å². The Morgan fingerprint density at radius 3 is 2.65 bits per heavy atom. The molecule has 1 atom stereocenters. The number of fused-ring (bicyclic) bond motifs is 1. The van der Waals surface area contributed by atoms with Gasteiger partial charge in [0.05, 0.1) is 5.69 Å². The van der Waals surface area contributed by atoms with E-state index in [4.69, 9.17) is 21.5 Å². The van der Waals surface area contributed by atoms with Crippen LogP contribution in [0.1, 0.15) is 22.7 Å². The van der Waals surface area contributed by atoms with Gasteiger partial charge in [-0.15, -0.1) is 0 Å². The highest BCUT2D eigenvalue weighted by Crippen LogP contribution is 2.40. The maximum atomic E-state index is 12.1. The maximum absolute atomic E-state index is 12.1. The van der Waals surface area contributed by atoms with E-state index >= 15 is 0 Å². The lowest BCUT2D eigenvalue weighted by atomic mass is 9.95. The largest absolute Gasteiger partial charge is 0.484 e. The number of anilines is 4. The molecule has 0 aliphatic carbocycles. The fraction of sp³-hybridized carbons (Fsp3) is 0.0909. The molecule has 0 radical (unpaired) electrons. The molecule has 0 fully saturated rings. The summed E-state index contributed by atoms with van der Waals surface area (Å²) in [4.78, 5) is 24.8. The number of carbonyl (C=O) groups is 1. The molecule has 0 saturated carbocycles. The SMILES string of the molecule is N#CNC1=NC(c2ccc(OCC(=O)Nc3ccccn3)cc2)c2c(nc(N)c(C#N)c2N)N1. The van der Waals surface area contributed by atoms with E-state index in [9.17, 15) is 10.1 Å². The molecule has 34 heavy (non-hydrogen) atoms. The van der Waals surface area contributed by atoms with Crippen LogP contribution in [0.2, 0.25) is 0 Å². The van der Waals surface area contributed by atoms with Crippen LogP contribution in [-0.4, -0.2) is 28.4 Å². The predicted molar refractivity (Wildman–Crippen MR) is 124 cm³/mol. The van der Waals surface area contributed by atoms with Gasteiger partial charge in [-0.2, -0.15) is 10.5 Å². The number of ether oxygens (including phenoxy) is 1. The highest BCUT2D eigenvalue weighted by Gasteiger charge is 2.29. The summed E-state index contributed by atoms with van der Waals surface area (Å²) in [6.07, 6.45) is 3.37. The lowest BCUT2D eigenvalue weighted by Gasteiger charge is -2.26. The van der Waals surface area contributed by atoms with Crippen LogP contribution in [-0.2, 0) is 4.79 Å². The van der Waals surface area contributed by atoms with Crippen molar-refractivity contribution in [2.45, 2.75) is 6.04 Å². The minimum Gasteiger partial charge on any atom is -0.484 e. The molecule has 1 aliphatic rings. The topological polar surface area (TPSA) is 200 Å². The van der Waals surface area contributed by atoms with Gasteiger partial charge < -0.3 is 26.8 Å². The number of benzene rings is 1. The first-order chi connectivity index (χ1) is 16.5. The van der Waals surface area contributed by atoms with Crippen molar-refractivity contribution in [2.75, 3.05) is 28.7 Å². The minimum atomic E-state index is -0.672. The van der Waals surface area contributed by atoms with Crippen LogP contribution in [0.15, 0.2) is 53.7 Å². The molecule has 1 amide bonds. The first-order valence-corrected chi connectivity index (χ1v) is 9.92. The number of aromatic nitrogens is 2. The van der Waals surface area contributed by atoms with Crippen LogP contribution in [0.4, 0.5) is 23.1 Å². The normalized spacial score (nSPS) is 13.8. The number of guanidine groups is 1. The Hall–Kier alpha value is -5.36. The van der Waals surface area contributed by atoms with E-state index in [1.807, 2.05) is 6.07 Å². The first-order valence-electron chi connectivity index (χ1n) is 9.92. The Kier molecular flexibility index (Phi) is 6.05. The van der Waals surface area contributed by atoms with E-state index in [0.29, 0.717) is 28.5 Å². The minimum absolute atomic E-state index is 0.0315. The molecule has 7 N–H and O–H groups in total. The number of carbonyl (C=O) groups excluding carboxylic acids is 1. The van der Waals surface area contributed by atoms with Crippen LogP contribution in [0.5, 0.6) is 5.75 Å². The number of aliphatic imine (C=N–C) groups is 1. The molecule has 2 aromatic heterocycles. The van der Waals surface area contributed by atoms with Crippen LogP contribution < -0.4 is 32.2 Å². The van der Waals surface area contributed by atoms with Crippen molar-refractivity contribution >= 4 is 35.0 Å². The van der Waals surface area contributed by atoms with Crippen LogP contribution >= 0.6 is 0 Å². The summed E-state index contributed by atoms with van der Waals surface area (Å²) < 4.78 is 5.55. The van der Waals surface area contributed by atoms with Crippen molar-refractivity contribution in [1.29, 1.82) is 10.5 Å². The smallest absolute Gasteiger partial charge is 0.263 e. The molecule has 0 spiro atoms. The standard InChI is InChI=1S/C22H18N10O2/c23-9-14-18(25)17-19(30-22(28-11-24)32-21(17)31-20(14)26)12-4-6-13(7-5-12)34-10-16(33)29-15-3-1-2-8-27-15/h1-8,19H,10H2,(H,27,29,33)(H6,25,26,28,30,31,32). The number of nitriles is 2. The summed E-state index contributed by atoms with van der Waals surface area (Å²) in [7, 11) is 0. The monoisotopic (exact) mass is 454 g/mol. The van der Waals surface area contributed by atoms with E-state index < -0.39 is 6.04 Å². The van der Waals surface area contributed by atoms with E-state index in [2.05, 4.69) is 30.9 Å². The lowest BCUT2D eigenvalue weighted by Crippen LogP contribution is -2.32. The zero-order valence-corrected chi connectivity index (χ0v) is 17.6. The first kappa shape index (κ1) is 21.9. The third-order valence-electron chi connectivity index (χ3n) is 4.86. The number of amides is 1. The molecule has 0 bridgehead atoms. The summed E-state index contributed by atoms with van der Waals surface area (Å²) >= 11 is 0. The van der Waals surface area contributed by atoms with Gasteiger partial charge in [0, 0.05) is 11.8 Å². The molecular weight excluding hydrogens is 436 g/mol. The summed E-state index contributed by atoms with van der Waals surface area (Å²) in [6.45, 7) is -0.206. The highest BCUT2D eigenvalue weighted by molar-refractivity contribution is 5.98. The van der Waals surface area contributed by atoms with E-state index in [1.54, 1.807) is 54.9 Å². The number of nitrogens with zero attached hydrogens (tertiary/aromatic N) is 5. The Morgan fingerprint density at radius 2 is 1.97 bits per heavy atom. The Bertz CT molecular complexity index is 1340. The number of hydrogen-bond donors (Lipinski definition) is 5. The van der Waals surface area contributed by atoms with Gasteiger partial charge in [0.25, 0.3) is 5.91 Å². The van der Waals surface area contributed by atoms with Crippen molar-refractivity contribution in [2.24, 2.45) is 4.99 Å². The average Bonchev–Trinajstić information content (AvgIpc) is 2.83. The molecule has 3 heterocycles. The van der Waals surface area contributed by atoms with Crippen molar-refractivity contribution in [3.63, 3.8) is 0 Å². The van der Waals surface area contributed by atoms with Gasteiger partial charge in [-0.25, -0.2) is 15.0 Å². The lowest BCUT2D eigenvalue weighted by molar-refractivity contribution is -0.118. The van der Waals surface area contributed by atoms with Crippen molar-refractivity contribution in [3.05, 3.63) is 65.4 Å². The summed E-state index contributed by atoms with van der Waals surface area (Å²) in [5.41, 5.74) is 13.4. The fourth-order valence-corrected chi connectivity index (χ4v) is 3.33. The highest BCUT2D eigenvalue weighted by atomic mass is 16.5. The van der Waals surface area contributed by atoms with E-state index in [-0.39, 0.29) is 35.5 Å². The Balaban J connectivity index is 1.55. The second kappa shape index (κ2) is 9.42. The molecule has 1 aliphatic heterocycles. The summed E-state index contributed by atoms with van der Waals surface area (Å²) in [5.74, 6) is 0.942. The second-order valence-electron chi connectivity index (χ2n) is 7.02. The van der Waals surface area contributed by atoms with Crippen molar-refractivity contribution in [3.8, 4) is 18.0 Å². The Morgan fingerprint density at radius 1 is 1.18 bits per heavy atom. The summed E-state index contributed by atoms with van der Waals surface area (Å²) in [6, 6.07) is 13.3. The third-order valence-corrected chi connectivity index (χ3v) is 4.86. The van der Waals surface area contributed by atoms with Crippen LogP contribution in [0.25, 0.3) is 0 Å². The van der Waals surface area contributed by atoms with Gasteiger partial charge in [0.2, 0.25) is 5.96 Å². The van der Waals surface area contributed by atoms with E-state index in [1.165, 1.54) is 0 Å². The number of pyridine rings is 2. The maximum Gasteiger partial charge on any atom is 0.263 e. The number of nitrogen functional groups attached to an aromatic ring is 2. The quantitative estimate of drug-likeness (QED) is 0.278. The van der Waals surface area contributed by atoms with Crippen LogP contribution in [0, 0.1) is 22.8 Å². The number of nitrogens with two attached hydrogens (primary N) is 2. The molecule has 1 aromatic carbocycles. The Labute approximate surface area is 193 Å².